The molecule has 0 atom stereocenters. The minimum absolute atomic E-state index is 0.0173. The van der Waals surface area contributed by atoms with Gasteiger partial charge >= 0.3 is 5.97 Å². The van der Waals surface area contributed by atoms with Crippen LogP contribution in [0, 0.1) is 0 Å². The van der Waals surface area contributed by atoms with Gasteiger partial charge in [0.15, 0.2) is 5.69 Å². The lowest BCUT2D eigenvalue weighted by molar-refractivity contribution is 0.0691. The third kappa shape index (κ3) is 3.44. The fourth-order valence-electron chi connectivity index (χ4n) is 2.03. The highest BCUT2D eigenvalue weighted by atomic mass is 32.1. The van der Waals surface area contributed by atoms with Crippen LogP contribution in [0.1, 0.15) is 20.8 Å². The number of anilines is 1. The molecule has 0 fully saturated rings. The van der Waals surface area contributed by atoms with E-state index in [9.17, 15) is 9.59 Å². The summed E-state index contributed by atoms with van der Waals surface area (Å²) in [4.78, 5) is 27.1. The van der Waals surface area contributed by atoms with Gasteiger partial charge in [0.1, 0.15) is 5.01 Å². The van der Waals surface area contributed by atoms with Crippen LogP contribution in [-0.4, -0.2) is 22.0 Å². The van der Waals surface area contributed by atoms with Crippen molar-refractivity contribution in [2.45, 2.75) is 0 Å². The number of benzene rings is 2. The van der Waals surface area contributed by atoms with Gasteiger partial charge in [0.2, 0.25) is 0 Å². The third-order valence-electron chi connectivity index (χ3n) is 3.13. The van der Waals surface area contributed by atoms with E-state index >= 15 is 0 Å². The largest absolute Gasteiger partial charge is 0.476 e. The number of nitrogens with zero attached hydrogens (tertiary/aromatic N) is 1. The molecule has 0 radical (unpaired) electrons. The van der Waals surface area contributed by atoms with Crippen molar-refractivity contribution in [3.63, 3.8) is 0 Å². The number of carboxylic acids is 1. The highest BCUT2D eigenvalue weighted by Gasteiger charge is 2.11. The molecule has 0 saturated carbocycles. The SMILES string of the molecule is O=C(Nc1cccc(-c2nc(C(=O)O)cs2)c1)c1ccccc1. The van der Waals surface area contributed by atoms with Gasteiger partial charge in [-0.15, -0.1) is 11.3 Å². The summed E-state index contributed by atoms with van der Waals surface area (Å²) in [5, 5.41) is 13.8. The lowest BCUT2D eigenvalue weighted by atomic mass is 10.2. The first kappa shape index (κ1) is 14.9. The Morgan fingerprint density at radius 3 is 2.52 bits per heavy atom. The zero-order valence-corrected chi connectivity index (χ0v) is 12.7. The fraction of sp³-hybridized carbons (Fsp3) is 0. The van der Waals surface area contributed by atoms with E-state index in [1.807, 2.05) is 12.1 Å². The average molecular weight is 324 g/mol. The molecule has 0 aliphatic carbocycles. The Morgan fingerprint density at radius 1 is 1.04 bits per heavy atom. The molecule has 1 aromatic heterocycles. The molecule has 3 aromatic rings. The predicted molar refractivity (Wildman–Crippen MR) is 88.9 cm³/mol. The molecule has 0 aliphatic rings. The van der Waals surface area contributed by atoms with E-state index in [-0.39, 0.29) is 11.6 Å². The third-order valence-corrected chi connectivity index (χ3v) is 4.02. The van der Waals surface area contributed by atoms with E-state index in [0.29, 0.717) is 16.3 Å². The summed E-state index contributed by atoms with van der Waals surface area (Å²) in [5.41, 5.74) is 1.97. The Kier molecular flexibility index (Phi) is 4.16. The average Bonchev–Trinajstić information content (AvgIpc) is 3.06. The molecule has 1 heterocycles. The lowest BCUT2D eigenvalue weighted by Crippen LogP contribution is -2.11. The molecule has 0 unspecified atom stereocenters. The Bertz CT molecular complexity index is 859. The number of aromatic nitrogens is 1. The first-order chi connectivity index (χ1) is 11.1. The number of nitrogens with one attached hydrogen (secondary N) is 1. The van der Waals surface area contributed by atoms with Crippen LogP contribution in [0.3, 0.4) is 0 Å². The van der Waals surface area contributed by atoms with Crippen molar-refractivity contribution < 1.29 is 14.7 Å². The molecule has 2 N–H and O–H groups in total. The molecule has 2 aromatic carbocycles. The monoisotopic (exact) mass is 324 g/mol. The van der Waals surface area contributed by atoms with E-state index in [4.69, 9.17) is 5.11 Å². The van der Waals surface area contributed by atoms with Crippen LogP contribution >= 0.6 is 11.3 Å². The maximum absolute atomic E-state index is 12.2. The molecule has 6 heteroatoms. The van der Waals surface area contributed by atoms with Gasteiger partial charge in [-0.25, -0.2) is 9.78 Å². The van der Waals surface area contributed by atoms with Crippen LogP contribution < -0.4 is 5.32 Å². The summed E-state index contributed by atoms with van der Waals surface area (Å²) < 4.78 is 0. The Morgan fingerprint density at radius 2 is 1.83 bits per heavy atom. The van der Waals surface area contributed by atoms with Crippen molar-refractivity contribution >= 4 is 28.9 Å². The Labute approximate surface area is 136 Å². The van der Waals surface area contributed by atoms with Gasteiger partial charge in [0.25, 0.3) is 5.91 Å². The molecule has 5 nitrogen and oxygen atoms in total. The van der Waals surface area contributed by atoms with Crippen LogP contribution in [0.4, 0.5) is 5.69 Å². The number of hydrogen-bond donors (Lipinski definition) is 2. The standard InChI is InChI=1S/C17H12N2O3S/c20-15(11-5-2-1-3-6-11)18-13-8-4-7-12(9-13)16-19-14(10-23-16)17(21)22/h1-10H,(H,18,20)(H,21,22). The van der Waals surface area contributed by atoms with Crippen molar-refractivity contribution in [1.82, 2.24) is 4.98 Å². The number of carboxylic acid groups (broad SMARTS) is 1. The molecule has 0 bridgehead atoms. The van der Waals surface area contributed by atoms with E-state index in [1.54, 1.807) is 42.5 Å². The van der Waals surface area contributed by atoms with E-state index in [0.717, 1.165) is 5.56 Å². The van der Waals surface area contributed by atoms with Crippen LogP contribution in [0.25, 0.3) is 10.6 Å². The van der Waals surface area contributed by atoms with Gasteiger partial charge in [0, 0.05) is 22.2 Å². The molecular formula is C17H12N2O3S. The molecule has 23 heavy (non-hydrogen) atoms. The highest BCUT2D eigenvalue weighted by Crippen LogP contribution is 2.26. The van der Waals surface area contributed by atoms with Crippen LogP contribution in [-0.2, 0) is 0 Å². The van der Waals surface area contributed by atoms with Gasteiger partial charge in [-0.2, -0.15) is 0 Å². The summed E-state index contributed by atoms with van der Waals surface area (Å²) in [5.74, 6) is -1.26. The number of amides is 1. The van der Waals surface area contributed by atoms with Gasteiger partial charge in [0.05, 0.1) is 0 Å². The number of hydrogen-bond acceptors (Lipinski definition) is 4. The number of thiazole rings is 1. The number of carbonyl (C=O) groups is 2. The lowest BCUT2D eigenvalue weighted by Gasteiger charge is -2.06. The summed E-state index contributed by atoms with van der Waals surface area (Å²) in [6.07, 6.45) is 0. The summed E-state index contributed by atoms with van der Waals surface area (Å²) >= 11 is 1.25. The molecular weight excluding hydrogens is 312 g/mol. The van der Waals surface area contributed by atoms with Gasteiger partial charge in [-0.1, -0.05) is 30.3 Å². The van der Waals surface area contributed by atoms with Gasteiger partial charge in [-0.3, -0.25) is 4.79 Å². The normalized spacial score (nSPS) is 10.3. The van der Waals surface area contributed by atoms with E-state index < -0.39 is 5.97 Å². The summed E-state index contributed by atoms with van der Waals surface area (Å²) in [6.45, 7) is 0. The summed E-state index contributed by atoms with van der Waals surface area (Å²) in [6, 6.07) is 16.1. The quantitative estimate of drug-likeness (QED) is 0.766. The number of aromatic carboxylic acids is 1. The molecule has 0 aliphatic heterocycles. The van der Waals surface area contributed by atoms with Crippen LogP contribution in [0.2, 0.25) is 0 Å². The second-order valence-electron chi connectivity index (χ2n) is 4.74. The topological polar surface area (TPSA) is 79.3 Å². The molecule has 3 rings (SSSR count). The van der Waals surface area contributed by atoms with E-state index in [1.165, 1.54) is 16.7 Å². The van der Waals surface area contributed by atoms with E-state index in [2.05, 4.69) is 10.3 Å². The van der Waals surface area contributed by atoms with Crippen molar-refractivity contribution in [2.75, 3.05) is 5.32 Å². The van der Waals surface area contributed by atoms with Gasteiger partial charge in [-0.05, 0) is 24.3 Å². The smallest absolute Gasteiger partial charge is 0.355 e. The first-order valence-corrected chi connectivity index (χ1v) is 7.67. The maximum atomic E-state index is 12.2. The highest BCUT2D eigenvalue weighted by molar-refractivity contribution is 7.13. The minimum atomic E-state index is -1.05. The van der Waals surface area contributed by atoms with Crippen molar-refractivity contribution in [2.24, 2.45) is 0 Å². The number of carbonyl (C=O) groups excluding carboxylic acids is 1. The number of rotatable bonds is 4. The van der Waals surface area contributed by atoms with Crippen molar-refractivity contribution in [3.8, 4) is 10.6 Å². The minimum Gasteiger partial charge on any atom is -0.476 e. The van der Waals surface area contributed by atoms with Gasteiger partial charge < -0.3 is 10.4 Å². The zero-order chi connectivity index (χ0) is 16.2. The van der Waals surface area contributed by atoms with Crippen LogP contribution in [0.15, 0.2) is 60.0 Å². The molecule has 0 saturated heterocycles. The maximum Gasteiger partial charge on any atom is 0.355 e. The molecule has 1 amide bonds. The Hall–Kier alpha value is -2.99. The molecule has 0 spiro atoms. The predicted octanol–water partition coefficient (Wildman–Crippen LogP) is 3.76. The van der Waals surface area contributed by atoms with Crippen molar-refractivity contribution in [1.29, 1.82) is 0 Å². The van der Waals surface area contributed by atoms with Crippen LogP contribution in [0.5, 0.6) is 0 Å². The first-order valence-electron chi connectivity index (χ1n) is 6.79. The second-order valence-corrected chi connectivity index (χ2v) is 5.60. The zero-order valence-electron chi connectivity index (χ0n) is 11.9. The van der Waals surface area contributed by atoms with Crippen molar-refractivity contribution in [3.05, 3.63) is 71.2 Å². The Balaban J connectivity index is 1.82. The molecule has 114 valence electrons. The second kappa shape index (κ2) is 6.41. The fourth-order valence-corrected chi connectivity index (χ4v) is 2.82. The summed E-state index contributed by atoms with van der Waals surface area (Å²) in [7, 11) is 0.